The van der Waals surface area contributed by atoms with Crippen molar-refractivity contribution in [1.29, 1.82) is 0 Å². The topological polar surface area (TPSA) is 55.0 Å². The minimum absolute atomic E-state index is 0.284. The van der Waals surface area contributed by atoms with Crippen molar-refractivity contribution in [3.8, 4) is 0 Å². The molecule has 2 N–H and O–H groups in total. The summed E-state index contributed by atoms with van der Waals surface area (Å²) in [5.41, 5.74) is 6.54. The molecule has 0 amide bonds. The third-order valence-electron chi connectivity index (χ3n) is 2.77. The third kappa shape index (κ3) is 3.27. The normalized spacial score (nSPS) is 10.7. The van der Waals surface area contributed by atoms with Gasteiger partial charge in [-0.05, 0) is 31.4 Å². The first-order valence-electron chi connectivity index (χ1n) is 6.00. The summed E-state index contributed by atoms with van der Waals surface area (Å²) in [4.78, 5) is 3.78. The van der Waals surface area contributed by atoms with Crippen molar-refractivity contribution < 1.29 is 0 Å². The Balaban J connectivity index is 2.36. The number of hydrogen-bond acceptors (Lipinski definition) is 5. The van der Waals surface area contributed by atoms with Crippen LogP contribution >= 0.6 is 23.6 Å². The Hall–Kier alpha value is -1.53. The maximum atomic E-state index is 5.77. The highest BCUT2D eigenvalue weighted by Crippen LogP contribution is 2.23. The van der Waals surface area contributed by atoms with Crippen LogP contribution in [0.25, 0.3) is 0 Å². The molecule has 0 fully saturated rings. The summed E-state index contributed by atoms with van der Waals surface area (Å²) in [5.74, 6) is 0.749. The molecule has 2 aromatic heterocycles. The number of thiocarbonyl (C=S) groups is 1. The van der Waals surface area contributed by atoms with Gasteiger partial charge in [-0.15, -0.1) is 16.4 Å². The summed E-state index contributed by atoms with van der Waals surface area (Å²) in [5, 5.41) is 10.2. The molecule has 0 bridgehead atoms. The molecule has 4 nitrogen and oxygen atoms in total. The van der Waals surface area contributed by atoms with E-state index in [0.29, 0.717) is 4.99 Å². The van der Waals surface area contributed by atoms with Crippen LogP contribution in [0.3, 0.4) is 0 Å². The van der Waals surface area contributed by atoms with E-state index < -0.39 is 0 Å². The van der Waals surface area contributed by atoms with Gasteiger partial charge in [0.1, 0.15) is 4.99 Å². The lowest BCUT2D eigenvalue weighted by molar-refractivity contribution is 0.669. The number of nitrogens with zero attached hydrogens (tertiary/aromatic N) is 3. The van der Waals surface area contributed by atoms with E-state index in [-0.39, 0.29) is 6.04 Å². The van der Waals surface area contributed by atoms with Crippen molar-refractivity contribution in [1.82, 2.24) is 10.2 Å². The van der Waals surface area contributed by atoms with E-state index in [1.807, 2.05) is 12.1 Å². The number of nitrogens with two attached hydrogens (primary N) is 1. The molecule has 0 radical (unpaired) electrons. The molecule has 0 saturated heterocycles. The van der Waals surface area contributed by atoms with Gasteiger partial charge >= 0.3 is 0 Å². The molecule has 0 atom stereocenters. The highest BCUT2D eigenvalue weighted by molar-refractivity contribution is 7.80. The SMILES string of the molecule is CC(C)N(Cc1cccs1)c1nnccc1C(N)=S. The molecule has 0 aliphatic rings. The van der Waals surface area contributed by atoms with Crippen molar-refractivity contribution in [2.75, 3.05) is 4.90 Å². The smallest absolute Gasteiger partial charge is 0.162 e. The molecule has 0 saturated carbocycles. The predicted molar refractivity (Wildman–Crippen MR) is 83.6 cm³/mol. The van der Waals surface area contributed by atoms with Crippen LogP contribution in [0.4, 0.5) is 5.82 Å². The predicted octanol–water partition coefficient (Wildman–Crippen LogP) is 2.59. The lowest BCUT2D eigenvalue weighted by atomic mass is 10.2. The quantitative estimate of drug-likeness (QED) is 0.858. The van der Waals surface area contributed by atoms with Gasteiger partial charge in [0.15, 0.2) is 5.82 Å². The van der Waals surface area contributed by atoms with Gasteiger partial charge in [0.05, 0.1) is 18.3 Å². The molecule has 0 aromatic carbocycles. The standard InChI is InChI=1S/C13H16N4S2/c1-9(2)17(8-10-4-3-7-19-10)13-11(12(14)18)5-6-15-16-13/h3-7,9H,8H2,1-2H3,(H2,14,18). The monoisotopic (exact) mass is 292 g/mol. The van der Waals surface area contributed by atoms with Crippen LogP contribution in [0.2, 0.25) is 0 Å². The highest BCUT2D eigenvalue weighted by atomic mass is 32.1. The van der Waals surface area contributed by atoms with Crippen LogP contribution in [0.15, 0.2) is 29.8 Å². The van der Waals surface area contributed by atoms with Gasteiger partial charge < -0.3 is 10.6 Å². The summed E-state index contributed by atoms with van der Waals surface area (Å²) < 4.78 is 0. The van der Waals surface area contributed by atoms with Crippen LogP contribution in [0.1, 0.15) is 24.3 Å². The van der Waals surface area contributed by atoms with Crippen molar-refractivity contribution >= 4 is 34.4 Å². The maximum Gasteiger partial charge on any atom is 0.162 e. The first-order chi connectivity index (χ1) is 9.09. The molecule has 0 spiro atoms. The number of hydrogen-bond donors (Lipinski definition) is 1. The Labute approximate surface area is 122 Å². The summed E-state index contributed by atoms with van der Waals surface area (Å²) in [6, 6.07) is 6.25. The molecular weight excluding hydrogens is 276 g/mol. The summed E-state index contributed by atoms with van der Waals surface area (Å²) in [6.45, 7) is 5.01. The molecule has 19 heavy (non-hydrogen) atoms. The molecule has 0 aliphatic carbocycles. The summed E-state index contributed by atoms with van der Waals surface area (Å²) in [7, 11) is 0. The number of anilines is 1. The van der Waals surface area contributed by atoms with Crippen LogP contribution in [0.5, 0.6) is 0 Å². The van der Waals surface area contributed by atoms with E-state index in [1.165, 1.54) is 4.88 Å². The van der Waals surface area contributed by atoms with Crippen molar-refractivity contribution in [3.05, 3.63) is 40.2 Å². The average molecular weight is 292 g/mol. The first-order valence-corrected chi connectivity index (χ1v) is 7.29. The van der Waals surface area contributed by atoms with E-state index >= 15 is 0 Å². The first kappa shape index (κ1) is 13.9. The second-order valence-corrected chi connectivity index (χ2v) is 5.91. The van der Waals surface area contributed by atoms with E-state index in [4.69, 9.17) is 18.0 Å². The van der Waals surface area contributed by atoms with Crippen molar-refractivity contribution in [2.45, 2.75) is 26.4 Å². The van der Waals surface area contributed by atoms with Crippen LogP contribution < -0.4 is 10.6 Å². The van der Waals surface area contributed by atoms with Crippen LogP contribution in [0, 0.1) is 0 Å². The fourth-order valence-corrected chi connectivity index (χ4v) is 2.66. The fourth-order valence-electron chi connectivity index (χ4n) is 1.80. The molecule has 2 rings (SSSR count). The molecule has 100 valence electrons. The number of rotatable bonds is 5. The maximum absolute atomic E-state index is 5.77. The van der Waals surface area contributed by atoms with Crippen molar-refractivity contribution in [2.24, 2.45) is 5.73 Å². The van der Waals surface area contributed by atoms with Gasteiger partial charge in [-0.1, -0.05) is 18.3 Å². The van der Waals surface area contributed by atoms with Gasteiger partial charge in [0.25, 0.3) is 0 Å². The Morgan fingerprint density at radius 2 is 2.26 bits per heavy atom. The molecule has 2 aromatic rings. The van der Waals surface area contributed by atoms with E-state index in [9.17, 15) is 0 Å². The lowest BCUT2D eigenvalue weighted by Crippen LogP contribution is -2.33. The lowest BCUT2D eigenvalue weighted by Gasteiger charge is -2.28. The minimum Gasteiger partial charge on any atom is -0.389 e. The molecule has 2 heterocycles. The third-order valence-corrected chi connectivity index (χ3v) is 3.85. The molecule has 0 aliphatic heterocycles. The van der Waals surface area contributed by atoms with Gasteiger partial charge in [-0.3, -0.25) is 0 Å². The highest BCUT2D eigenvalue weighted by Gasteiger charge is 2.18. The molecular formula is C13H16N4S2. The second kappa shape index (κ2) is 6.08. The average Bonchev–Trinajstić information content (AvgIpc) is 2.88. The largest absolute Gasteiger partial charge is 0.389 e. The van der Waals surface area contributed by atoms with Crippen molar-refractivity contribution in [3.63, 3.8) is 0 Å². The Bertz CT molecular complexity index is 552. The Morgan fingerprint density at radius 1 is 1.47 bits per heavy atom. The summed E-state index contributed by atoms with van der Waals surface area (Å²) in [6.07, 6.45) is 1.61. The molecule has 6 heteroatoms. The second-order valence-electron chi connectivity index (χ2n) is 4.43. The van der Waals surface area contributed by atoms with Gasteiger partial charge in [0, 0.05) is 10.9 Å². The minimum atomic E-state index is 0.284. The zero-order chi connectivity index (χ0) is 13.8. The van der Waals surface area contributed by atoms with Gasteiger partial charge in [-0.25, -0.2) is 0 Å². The zero-order valence-corrected chi connectivity index (χ0v) is 12.5. The van der Waals surface area contributed by atoms with Crippen LogP contribution in [-0.2, 0) is 6.54 Å². The Morgan fingerprint density at radius 3 is 2.84 bits per heavy atom. The van der Waals surface area contributed by atoms with Gasteiger partial charge in [0.2, 0.25) is 0 Å². The summed E-state index contributed by atoms with van der Waals surface area (Å²) >= 11 is 6.81. The Kier molecular flexibility index (Phi) is 4.44. The van der Waals surface area contributed by atoms with E-state index in [0.717, 1.165) is 17.9 Å². The molecule has 0 unspecified atom stereocenters. The fraction of sp³-hybridized carbons (Fsp3) is 0.308. The van der Waals surface area contributed by atoms with E-state index in [1.54, 1.807) is 17.5 Å². The zero-order valence-electron chi connectivity index (χ0n) is 10.9. The number of thiophene rings is 1. The van der Waals surface area contributed by atoms with Gasteiger partial charge in [-0.2, -0.15) is 5.10 Å². The van der Waals surface area contributed by atoms with Crippen LogP contribution in [-0.4, -0.2) is 21.2 Å². The van der Waals surface area contributed by atoms with E-state index in [2.05, 4.69) is 40.4 Å². The number of aromatic nitrogens is 2.